The number of hydrogen-bond donors (Lipinski definition) is 0. The molecule has 4 rings (SSSR count). The molecule has 21 heavy (non-hydrogen) atoms. The molecule has 0 amide bonds. The average Bonchev–Trinajstić information content (AvgIpc) is 3.00. The fourth-order valence-corrected chi connectivity index (χ4v) is 2.56. The van der Waals surface area contributed by atoms with Gasteiger partial charge in [-0.2, -0.15) is 0 Å². The molecule has 0 radical (unpaired) electrons. The molecule has 0 aliphatic carbocycles. The molecule has 1 aliphatic heterocycles. The van der Waals surface area contributed by atoms with Gasteiger partial charge in [-0.25, -0.2) is 9.97 Å². The quantitative estimate of drug-likeness (QED) is 0.710. The van der Waals surface area contributed by atoms with Gasteiger partial charge in [-0.3, -0.25) is 4.99 Å². The number of benzene rings is 2. The Morgan fingerprint density at radius 2 is 1.52 bits per heavy atom. The van der Waals surface area contributed by atoms with Crippen LogP contribution in [0.2, 0.25) is 0 Å². The second-order valence-electron chi connectivity index (χ2n) is 5.02. The molecule has 100 valence electrons. The zero-order valence-electron chi connectivity index (χ0n) is 11.4. The number of hydrogen-bond acceptors (Lipinski definition) is 3. The lowest BCUT2D eigenvalue weighted by molar-refractivity contribution is 1.15. The molecule has 1 aliphatic rings. The summed E-state index contributed by atoms with van der Waals surface area (Å²) in [5.41, 5.74) is 6.24. The maximum Gasteiger partial charge on any atom is 0.116 e. The minimum Gasteiger partial charge on any atom is -0.251 e. The maximum atomic E-state index is 4.68. The molecule has 0 saturated carbocycles. The van der Waals surface area contributed by atoms with Crippen LogP contribution in [0.1, 0.15) is 11.3 Å². The van der Waals surface area contributed by atoms with Gasteiger partial charge < -0.3 is 0 Å². The van der Waals surface area contributed by atoms with E-state index < -0.39 is 0 Å². The van der Waals surface area contributed by atoms with Crippen molar-refractivity contribution in [2.45, 2.75) is 6.42 Å². The summed E-state index contributed by atoms with van der Waals surface area (Å²) >= 11 is 0. The van der Waals surface area contributed by atoms with E-state index in [1.54, 1.807) is 6.33 Å². The average molecular weight is 271 g/mol. The largest absolute Gasteiger partial charge is 0.251 e. The van der Waals surface area contributed by atoms with Crippen LogP contribution in [0.25, 0.3) is 11.3 Å². The van der Waals surface area contributed by atoms with E-state index in [0.717, 1.165) is 34.8 Å². The van der Waals surface area contributed by atoms with Crippen LogP contribution >= 0.6 is 0 Å². The number of nitrogens with zero attached hydrogens (tertiary/aromatic N) is 3. The van der Waals surface area contributed by atoms with Gasteiger partial charge in [-0.05, 0) is 17.7 Å². The monoisotopic (exact) mass is 271 g/mol. The van der Waals surface area contributed by atoms with Crippen molar-refractivity contribution in [1.29, 1.82) is 0 Å². The lowest BCUT2D eigenvalue weighted by Crippen LogP contribution is -2.04. The Kier molecular flexibility index (Phi) is 2.82. The Bertz CT molecular complexity index is 823. The zero-order chi connectivity index (χ0) is 14.1. The number of para-hydroxylation sites is 1. The van der Waals surface area contributed by atoms with Gasteiger partial charge >= 0.3 is 0 Å². The molecule has 3 nitrogen and oxygen atoms in total. The van der Waals surface area contributed by atoms with Crippen LogP contribution in [0.3, 0.4) is 0 Å². The number of aliphatic imine (C=N–C) groups is 1. The van der Waals surface area contributed by atoms with Crippen LogP contribution in [0, 0.1) is 0 Å². The first-order chi connectivity index (χ1) is 10.4. The highest BCUT2D eigenvalue weighted by Gasteiger charge is 2.17. The minimum absolute atomic E-state index is 0.835. The topological polar surface area (TPSA) is 38.1 Å². The third-order valence-corrected chi connectivity index (χ3v) is 3.64. The van der Waals surface area contributed by atoms with Gasteiger partial charge in [0.2, 0.25) is 0 Å². The standard InChI is InChI=1S/C18H13N3/c1-2-6-13(7-3-1)16-11-17(20-12-19-16)18-10-14-8-4-5-9-15(14)21-18/h1-9,11-12H,10H2. The van der Waals surface area contributed by atoms with Crippen LogP contribution in [0.5, 0.6) is 0 Å². The molecule has 1 aromatic heterocycles. The molecule has 0 unspecified atom stereocenters. The molecule has 3 heteroatoms. The van der Waals surface area contributed by atoms with Crippen LogP contribution in [0.4, 0.5) is 5.69 Å². The lowest BCUT2D eigenvalue weighted by atomic mass is 10.1. The summed E-state index contributed by atoms with van der Waals surface area (Å²) in [6.45, 7) is 0. The number of rotatable bonds is 2. The van der Waals surface area contributed by atoms with Crippen molar-refractivity contribution in [3.8, 4) is 11.3 Å². The van der Waals surface area contributed by atoms with Crippen molar-refractivity contribution in [3.63, 3.8) is 0 Å². The molecular weight excluding hydrogens is 258 g/mol. The van der Waals surface area contributed by atoms with Gasteiger partial charge in [0.1, 0.15) is 6.33 Å². The van der Waals surface area contributed by atoms with Crippen molar-refractivity contribution >= 4 is 11.4 Å². The fraction of sp³-hybridized carbons (Fsp3) is 0.0556. The third-order valence-electron chi connectivity index (χ3n) is 3.64. The van der Waals surface area contributed by atoms with Gasteiger partial charge in [0.25, 0.3) is 0 Å². The van der Waals surface area contributed by atoms with Crippen LogP contribution < -0.4 is 0 Å². The second kappa shape index (κ2) is 4.94. The summed E-state index contributed by atoms with van der Waals surface area (Å²) in [6.07, 6.45) is 2.45. The predicted molar refractivity (Wildman–Crippen MR) is 83.8 cm³/mol. The van der Waals surface area contributed by atoms with Crippen LogP contribution in [0.15, 0.2) is 72.0 Å². The van der Waals surface area contributed by atoms with Gasteiger partial charge in [-0.1, -0.05) is 48.5 Å². The SMILES string of the molecule is c1ccc(-c2cc(C3=Nc4ccccc4C3)ncn2)cc1. The van der Waals surface area contributed by atoms with Crippen LogP contribution in [-0.2, 0) is 6.42 Å². The van der Waals surface area contributed by atoms with E-state index in [4.69, 9.17) is 0 Å². The molecule has 3 aromatic rings. The summed E-state index contributed by atoms with van der Waals surface area (Å²) in [5, 5.41) is 0. The molecule has 0 N–H and O–H groups in total. The molecule has 0 spiro atoms. The summed E-state index contributed by atoms with van der Waals surface area (Å²) in [7, 11) is 0. The van der Waals surface area contributed by atoms with Crippen molar-refractivity contribution in [1.82, 2.24) is 9.97 Å². The molecule has 2 heterocycles. The number of aromatic nitrogens is 2. The Balaban J connectivity index is 1.72. The van der Waals surface area contributed by atoms with Crippen molar-refractivity contribution in [2.24, 2.45) is 4.99 Å². The lowest BCUT2D eigenvalue weighted by Gasteiger charge is -2.03. The summed E-state index contributed by atoms with van der Waals surface area (Å²) in [6, 6.07) is 20.4. The highest BCUT2D eigenvalue weighted by atomic mass is 14.9. The first-order valence-electron chi connectivity index (χ1n) is 6.93. The van der Waals surface area contributed by atoms with Crippen LogP contribution in [-0.4, -0.2) is 15.7 Å². The Morgan fingerprint density at radius 3 is 2.38 bits per heavy atom. The van der Waals surface area contributed by atoms with E-state index in [2.05, 4.69) is 33.2 Å². The second-order valence-corrected chi connectivity index (χ2v) is 5.02. The molecule has 0 atom stereocenters. The highest BCUT2D eigenvalue weighted by Crippen LogP contribution is 2.28. The first kappa shape index (κ1) is 12.0. The predicted octanol–water partition coefficient (Wildman–Crippen LogP) is 3.82. The smallest absolute Gasteiger partial charge is 0.116 e. The van der Waals surface area contributed by atoms with Crippen molar-refractivity contribution < 1.29 is 0 Å². The Hall–Kier alpha value is -2.81. The van der Waals surface area contributed by atoms with Gasteiger partial charge in [-0.15, -0.1) is 0 Å². The molecule has 0 bridgehead atoms. The van der Waals surface area contributed by atoms with E-state index in [9.17, 15) is 0 Å². The summed E-state index contributed by atoms with van der Waals surface area (Å²) < 4.78 is 0. The maximum absolute atomic E-state index is 4.68. The van der Waals surface area contributed by atoms with Crippen molar-refractivity contribution in [3.05, 3.63) is 78.2 Å². The normalized spacial score (nSPS) is 12.9. The summed E-state index contributed by atoms with van der Waals surface area (Å²) in [4.78, 5) is 13.4. The highest BCUT2D eigenvalue weighted by molar-refractivity contribution is 6.05. The molecular formula is C18H13N3. The van der Waals surface area contributed by atoms with E-state index in [0.29, 0.717) is 0 Å². The van der Waals surface area contributed by atoms with Gasteiger partial charge in [0, 0.05) is 12.0 Å². The van der Waals surface area contributed by atoms with Crippen molar-refractivity contribution in [2.75, 3.05) is 0 Å². The fourth-order valence-electron chi connectivity index (χ4n) is 2.56. The Labute approximate surface area is 123 Å². The third kappa shape index (κ3) is 2.23. The van der Waals surface area contributed by atoms with Gasteiger partial charge in [0.05, 0.1) is 22.8 Å². The number of fused-ring (bicyclic) bond motifs is 1. The molecule has 2 aromatic carbocycles. The first-order valence-corrected chi connectivity index (χ1v) is 6.93. The molecule has 0 saturated heterocycles. The van der Waals surface area contributed by atoms with E-state index >= 15 is 0 Å². The summed E-state index contributed by atoms with van der Waals surface area (Å²) in [5.74, 6) is 0. The zero-order valence-corrected chi connectivity index (χ0v) is 11.4. The van der Waals surface area contributed by atoms with Gasteiger partial charge in [0.15, 0.2) is 0 Å². The van der Waals surface area contributed by atoms with E-state index in [1.165, 1.54) is 5.56 Å². The minimum atomic E-state index is 0.835. The Morgan fingerprint density at radius 1 is 0.762 bits per heavy atom. The van der Waals surface area contributed by atoms with E-state index in [-0.39, 0.29) is 0 Å². The van der Waals surface area contributed by atoms with E-state index in [1.807, 2.05) is 42.5 Å². The molecule has 0 fully saturated rings.